The van der Waals surface area contributed by atoms with Crippen LogP contribution in [-0.4, -0.2) is 45.6 Å². The molecule has 1 aliphatic carbocycles. The summed E-state index contributed by atoms with van der Waals surface area (Å²) in [5, 5.41) is 4.11. The summed E-state index contributed by atoms with van der Waals surface area (Å²) >= 11 is 2.81. The molecule has 2 aromatic heterocycles. The van der Waals surface area contributed by atoms with Gasteiger partial charge in [-0.05, 0) is 51.3 Å². The van der Waals surface area contributed by atoms with Gasteiger partial charge in [-0.1, -0.05) is 42.3 Å². The van der Waals surface area contributed by atoms with Crippen LogP contribution in [0.25, 0.3) is 10.2 Å². The molecule has 180 valence electrons. The molecule has 1 fully saturated rings. The SMILES string of the molecule is Cc1ccc(NC(=O)CN(C)C(=O)CSc2nc3sc(C)c(C)c3c(=O)n2C2CCCC2)cc1. The molecule has 0 saturated heterocycles. The summed E-state index contributed by atoms with van der Waals surface area (Å²) in [7, 11) is 1.62. The van der Waals surface area contributed by atoms with E-state index in [1.807, 2.05) is 49.6 Å². The first-order chi connectivity index (χ1) is 16.2. The summed E-state index contributed by atoms with van der Waals surface area (Å²) in [5.41, 5.74) is 2.80. The lowest BCUT2D eigenvalue weighted by Crippen LogP contribution is -2.36. The molecule has 1 saturated carbocycles. The molecule has 1 N–H and O–H groups in total. The fourth-order valence-electron chi connectivity index (χ4n) is 4.25. The molecule has 9 heteroatoms. The smallest absolute Gasteiger partial charge is 0.263 e. The zero-order chi connectivity index (χ0) is 24.4. The number of aryl methyl sites for hydroxylation is 3. The van der Waals surface area contributed by atoms with E-state index in [-0.39, 0.29) is 35.7 Å². The molecule has 1 aromatic carbocycles. The van der Waals surface area contributed by atoms with Gasteiger partial charge < -0.3 is 10.2 Å². The Morgan fingerprint density at radius 3 is 2.53 bits per heavy atom. The van der Waals surface area contributed by atoms with Gasteiger partial charge in [-0.2, -0.15) is 0 Å². The summed E-state index contributed by atoms with van der Waals surface area (Å²) < 4.78 is 1.82. The average Bonchev–Trinajstić information content (AvgIpc) is 3.42. The quantitative estimate of drug-likeness (QED) is 0.377. The van der Waals surface area contributed by atoms with E-state index >= 15 is 0 Å². The van der Waals surface area contributed by atoms with Crippen molar-refractivity contribution in [3.63, 3.8) is 0 Å². The van der Waals surface area contributed by atoms with Gasteiger partial charge in [0.1, 0.15) is 4.83 Å². The number of likely N-dealkylation sites (N-methyl/N-ethyl adjacent to an activating group) is 1. The number of anilines is 1. The number of carbonyl (C=O) groups excluding carboxylic acids is 2. The third kappa shape index (κ3) is 5.20. The molecule has 2 amide bonds. The van der Waals surface area contributed by atoms with Crippen LogP contribution in [-0.2, 0) is 9.59 Å². The van der Waals surface area contributed by atoms with Crippen LogP contribution in [0.1, 0.15) is 47.7 Å². The number of thioether (sulfide) groups is 1. The van der Waals surface area contributed by atoms with Crippen molar-refractivity contribution >= 4 is 50.8 Å². The van der Waals surface area contributed by atoms with Crippen molar-refractivity contribution in [1.82, 2.24) is 14.5 Å². The van der Waals surface area contributed by atoms with Crippen molar-refractivity contribution in [1.29, 1.82) is 0 Å². The lowest BCUT2D eigenvalue weighted by molar-refractivity contribution is -0.131. The van der Waals surface area contributed by atoms with E-state index in [1.54, 1.807) is 7.05 Å². The van der Waals surface area contributed by atoms with E-state index in [9.17, 15) is 14.4 Å². The molecule has 4 rings (SSSR count). The topological polar surface area (TPSA) is 84.3 Å². The first-order valence-electron chi connectivity index (χ1n) is 11.5. The van der Waals surface area contributed by atoms with Crippen molar-refractivity contribution in [3.8, 4) is 0 Å². The van der Waals surface area contributed by atoms with Crippen molar-refractivity contribution in [2.45, 2.75) is 57.7 Å². The van der Waals surface area contributed by atoms with Gasteiger partial charge in [-0.15, -0.1) is 11.3 Å². The Hall–Kier alpha value is -2.65. The van der Waals surface area contributed by atoms with Crippen LogP contribution in [0.15, 0.2) is 34.2 Å². The Kier molecular flexibility index (Phi) is 7.42. The van der Waals surface area contributed by atoms with Crippen LogP contribution in [0.4, 0.5) is 5.69 Å². The monoisotopic (exact) mass is 498 g/mol. The molecule has 0 aliphatic heterocycles. The molecule has 0 unspecified atom stereocenters. The summed E-state index contributed by atoms with van der Waals surface area (Å²) in [4.78, 5) is 46.7. The molecule has 34 heavy (non-hydrogen) atoms. The largest absolute Gasteiger partial charge is 0.336 e. The highest BCUT2D eigenvalue weighted by Gasteiger charge is 2.25. The fraction of sp³-hybridized carbons (Fsp3) is 0.440. The minimum absolute atomic E-state index is 0.000436. The maximum absolute atomic E-state index is 13.5. The van der Waals surface area contributed by atoms with Gasteiger partial charge in [0.2, 0.25) is 11.8 Å². The Labute approximate surface area is 207 Å². The van der Waals surface area contributed by atoms with Crippen LogP contribution in [0.5, 0.6) is 0 Å². The van der Waals surface area contributed by atoms with Crippen LogP contribution >= 0.6 is 23.1 Å². The molecular weight excluding hydrogens is 468 g/mol. The van der Waals surface area contributed by atoms with Crippen molar-refractivity contribution in [2.24, 2.45) is 0 Å². The Morgan fingerprint density at radius 2 is 1.85 bits per heavy atom. The van der Waals surface area contributed by atoms with Gasteiger partial charge in [0.05, 0.1) is 17.7 Å². The predicted molar refractivity (Wildman–Crippen MR) is 139 cm³/mol. The lowest BCUT2D eigenvalue weighted by Gasteiger charge is -2.19. The highest BCUT2D eigenvalue weighted by molar-refractivity contribution is 7.99. The summed E-state index contributed by atoms with van der Waals surface area (Å²) in [5.74, 6) is -0.325. The van der Waals surface area contributed by atoms with Gasteiger partial charge in [0.15, 0.2) is 5.16 Å². The second kappa shape index (κ2) is 10.3. The minimum atomic E-state index is -0.253. The standard InChI is InChI=1S/C25H30N4O3S2/c1-15-9-11-18(12-10-15)26-20(30)13-28(4)21(31)14-33-25-27-23-22(16(2)17(3)34-23)24(32)29(25)19-7-5-6-8-19/h9-12,19H,5-8,13-14H2,1-4H3,(H,26,30). The molecule has 0 atom stereocenters. The van der Waals surface area contributed by atoms with E-state index < -0.39 is 0 Å². The van der Waals surface area contributed by atoms with Crippen LogP contribution < -0.4 is 10.9 Å². The first-order valence-corrected chi connectivity index (χ1v) is 13.3. The Bertz CT molecular complexity index is 1270. The normalized spacial score (nSPS) is 14.0. The van der Waals surface area contributed by atoms with Crippen molar-refractivity contribution in [3.05, 3.63) is 50.6 Å². The molecule has 0 spiro atoms. The minimum Gasteiger partial charge on any atom is -0.336 e. The average molecular weight is 499 g/mol. The number of rotatable bonds is 7. The van der Waals surface area contributed by atoms with Gasteiger partial charge in [0, 0.05) is 23.7 Å². The number of aromatic nitrogens is 2. The second-order valence-corrected chi connectivity index (χ2v) is 11.1. The third-order valence-electron chi connectivity index (χ3n) is 6.36. The fourth-order valence-corrected chi connectivity index (χ4v) is 6.33. The van der Waals surface area contributed by atoms with E-state index in [4.69, 9.17) is 4.98 Å². The molecule has 1 aliphatic rings. The number of nitrogens with one attached hydrogen (secondary N) is 1. The van der Waals surface area contributed by atoms with E-state index in [2.05, 4.69) is 5.32 Å². The number of hydrogen-bond donors (Lipinski definition) is 1. The number of thiophene rings is 1. The molecule has 0 bridgehead atoms. The van der Waals surface area contributed by atoms with Crippen LogP contribution in [0.2, 0.25) is 0 Å². The zero-order valence-electron chi connectivity index (χ0n) is 20.0. The maximum Gasteiger partial charge on any atom is 0.263 e. The lowest BCUT2D eigenvalue weighted by atomic mass is 10.2. The van der Waals surface area contributed by atoms with E-state index in [1.165, 1.54) is 28.0 Å². The number of fused-ring (bicyclic) bond motifs is 1. The zero-order valence-corrected chi connectivity index (χ0v) is 21.6. The van der Waals surface area contributed by atoms with Gasteiger partial charge in [0.25, 0.3) is 5.56 Å². The van der Waals surface area contributed by atoms with Gasteiger partial charge >= 0.3 is 0 Å². The second-order valence-electron chi connectivity index (χ2n) is 8.92. The number of carbonyl (C=O) groups is 2. The van der Waals surface area contributed by atoms with Crippen molar-refractivity contribution < 1.29 is 9.59 Å². The van der Waals surface area contributed by atoms with Crippen molar-refractivity contribution in [2.75, 3.05) is 24.7 Å². The highest BCUT2D eigenvalue weighted by Crippen LogP contribution is 2.34. The van der Waals surface area contributed by atoms with Gasteiger partial charge in [-0.3, -0.25) is 19.0 Å². The summed E-state index contributed by atoms with van der Waals surface area (Å²) in [6, 6.07) is 7.64. The molecular formula is C25H30N4O3S2. The van der Waals surface area contributed by atoms with E-state index in [0.717, 1.165) is 46.5 Å². The van der Waals surface area contributed by atoms with Crippen LogP contribution in [0, 0.1) is 20.8 Å². The van der Waals surface area contributed by atoms with E-state index in [0.29, 0.717) is 16.2 Å². The molecule has 0 radical (unpaired) electrons. The predicted octanol–water partition coefficient (Wildman–Crippen LogP) is 4.69. The Balaban J connectivity index is 1.47. The number of amides is 2. The number of benzene rings is 1. The maximum atomic E-state index is 13.5. The molecule has 2 heterocycles. The van der Waals surface area contributed by atoms with Crippen LogP contribution in [0.3, 0.4) is 0 Å². The first kappa shape index (κ1) is 24.5. The van der Waals surface area contributed by atoms with Gasteiger partial charge in [-0.25, -0.2) is 4.98 Å². The molecule has 7 nitrogen and oxygen atoms in total. The third-order valence-corrected chi connectivity index (χ3v) is 8.40. The number of hydrogen-bond acceptors (Lipinski definition) is 6. The summed E-state index contributed by atoms with van der Waals surface area (Å²) in [6.45, 7) is 5.92. The Morgan fingerprint density at radius 1 is 1.18 bits per heavy atom. The number of nitrogens with zero attached hydrogens (tertiary/aromatic N) is 3. The molecule has 3 aromatic rings. The highest BCUT2D eigenvalue weighted by atomic mass is 32.2. The summed E-state index contributed by atoms with van der Waals surface area (Å²) in [6.07, 6.45) is 4.10.